The molecule has 0 amide bonds. The van der Waals surface area contributed by atoms with Crippen LogP contribution in [0, 0.1) is 0 Å². The minimum atomic E-state index is -4.68. The van der Waals surface area contributed by atoms with Gasteiger partial charge in [-0.3, -0.25) is 4.90 Å². The van der Waals surface area contributed by atoms with Crippen molar-refractivity contribution < 1.29 is 31.1 Å². The lowest BCUT2D eigenvalue weighted by Gasteiger charge is -2.32. The summed E-state index contributed by atoms with van der Waals surface area (Å²) in [5.41, 5.74) is 4.33. The van der Waals surface area contributed by atoms with Crippen LogP contribution >= 0.6 is 11.6 Å². The van der Waals surface area contributed by atoms with Crippen molar-refractivity contribution in [3.8, 4) is 0 Å². The Morgan fingerprint density at radius 3 is 2.46 bits per heavy atom. The Morgan fingerprint density at radius 2 is 1.88 bits per heavy atom. The normalized spacial score (nSPS) is 19.1. The predicted molar refractivity (Wildman–Crippen MR) is 74.6 cm³/mol. The Kier molecular flexibility index (Phi) is 4.95. The van der Waals surface area contributed by atoms with E-state index in [-0.39, 0.29) is 5.69 Å². The highest BCUT2D eigenvalue weighted by Crippen LogP contribution is 2.33. The lowest BCUT2D eigenvalue weighted by atomic mass is 10.2. The number of nitrogens with zero attached hydrogens (tertiary/aromatic N) is 3. The molecule has 1 aliphatic heterocycles. The number of ether oxygens (including phenoxy) is 1. The zero-order chi connectivity index (χ0) is 18.1. The summed E-state index contributed by atoms with van der Waals surface area (Å²) in [6.45, 7) is -1.70. The van der Waals surface area contributed by atoms with E-state index in [1.165, 1.54) is 6.07 Å². The molecule has 0 aromatic heterocycles. The van der Waals surface area contributed by atoms with Crippen LogP contribution in [0.2, 0.25) is 0 Å². The van der Waals surface area contributed by atoms with Gasteiger partial charge in [0.25, 0.3) is 0 Å². The molecule has 1 unspecified atom stereocenters. The number of aliphatic imine (C=N–C) groups is 2. The second kappa shape index (κ2) is 6.48. The molecule has 24 heavy (non-hydrogen) atoms. The van der Waals surface area contributed by atoms with Crippen LogP contribution in [0.4, 0.5) is 32.0 Å². The number of halogens is 7. The maximum Gasteiger partial charge on any atom is 0.416 e. The largest absolute Gasteiger partial charge is 0.416 e. The number of anilines is 1. The first-order valence-electron chi connectivity index (χ1n) is 6.20. The molecule has 1 atom stereocenters. The van der Waals surface area contributed by atoms with Gasteiger partial charge in [-0.2, -0.15) is 31.3 Å². The maximum absolute atomic E-state index is 12.8. The lowest BCUT2D eigenvalue weighted by molar-refractivity contribution is -0.183. The number of rotatable bonds is 3. The van der Waals surface area contributed by atoms with Crippen LogP contribution in [-0.4, -0.2) is 30.4 Å². The molecule has 2 rings (SSSR count). The summed E-state index contributed by atoms with van der Waals surface area (Å²) in [6.07, 6.45) is -11.0. The van der Waals surface area contributed by atoms with Gasteiger partial charge < -0.3 is 10.5 Å². The first-order chi connectivity index (χ1) is 11.0. The van der Waals surface area contributed by atoms with Crippen molar-refractivity contribution >= 4 is 28.5 Å². The van der Waals surface area contributed by atoms with E-state index in [2.05, 4.69) is 14.7 Å². The van der Waals surface area contributed by atoms with Gasteiger partial charge in [-0.15, -0.1) is 0 Å². The molecule has 132 valence electrons. The van der Waals surface area contributed by atoms with Crippen molar-refractivity contribution in [2.75, 3.05) is 11.5 Å². The molecule has 1 aromatic rings. The van der Waals surface area contributed by atoms with Gasteiger partial charge in [-0.1, -0.05) is 6.07 Å². The number of nitrogens with two attached hydrogens (primary N) is 1. The van der Waals surface area contributed by atoms with Crippen molar-refractivity contribution in [3.05, 3.63) is 29.8 Å². The van der Waals surface area contributed by atoms with Gasteiger partial charge in [-0.05, 0) is 29.8 Å². The standard InChI is InChI=1S/C12H9ClF6N4O/c13-8-21-9(20)23(10(22-8)24-5-11(14,15)16)7-3-1-2-6(4-7)12(17,18)19/h1-4,10H,5H2,(H2,20,21,22). The smallest absolute Gasteiger partial charge is 0.369 e. The molecule has 5 nitrogen and oxygen atoms in total. The van der Waals surface area contributed by atoms with E-state index in [0.29, 0.717) is 6.07 Å². The number of alkyl halides is 6. The fraction of sp³-hybridized carbons (Fsp3) is 0.333. The number of amidine groups is 1. The van der Waals surface area contributed by atoms with E-state index in [9.17, 15) is 26.3 Å². The highest BCUT2D eigenvalue weighted by Gasteiger charge is 2.35. The molecule has 0 fully saturated rings. The molecule has 1 heterocycles. The molecular weight excluding hydrogens is 366 g/mol. The van der Waals surface area contributed by atoms with Gasteiger partial charge in [0.1, 0.15) is 6.61 Å². The van der Waals surface area contributed by atoms with Gasteiger partial charge in [0, 0.05) is 5.69 Å². The molecular formula is C12H9ClF6N4O. The quantitative estimate of drug-likeness (QED) is 0.652. The highest BCUT2D eigenvalue weighted by molar-refractivity contribution is 6.66. The van der Waals surface area contributed by atoms with Crippen molar-refractivity contribution in [2.45, 2.75) is 18.7 Å². The number of hydrogen-bond acceptors (Lipinski definition) is 5. The van der Waals surface area contributed by atoms with Gasteiger partial charge in [0.05, 0.1) is 5.56 Å². The Hall–Kier alpha value is -2.01. The van der Waals surface area contributed by atoms with Gasteiger partial charge in [-0.25, -0.2) is 4.99 Å². The van der Waals surface area contributed by atoms with Crippen LogP contribution in [-0.2, 0) is 10.9 Å². The fourth-order valence-corrected chi connectivity index (χ4v) is 1.98. The first-order valence-corrected chi connectivity index (χ1v) is 6.57. The van der Waals surface area contributed by atoms with E-state index < -0.39 is 42.1 Å². The molecule has 1 aromatic carbocycles. The Bertz CT molecular complexity index is 672. The number of benzene rings is 1. The zero-order valence-electron chi connectivity index (χ0n) is 11.6. The minimum Gasteiger partial charge on any atom is -0.369 e. The van der Waals surface area contributed by atoms with Crippen LogP contribution in [0.3, 0.4) is 0 Å². The maximum atomic E-state index is 12.8. The average Bonchev–Trinajstić information content (AvgIpc) is 2.43. The Balaban J connectivity index is 2.36. The summed E-state index contributed by atoms with van der Waals surface area (Å²) in [6, 6.07) is 3.73. The molecule has 0 aliphatic carbocycles. The SMILES string of the molecule is NC1=NC(Cl)=NC(OCC(F)(F)F)N1c1cccc(C(F)(F)F)c1. The van der Waals surface area contributed by atoms with E-state index in [0.717, 1.165) is 17.0 Å². The summed E-state index contributed by atoms with van der Waals surface area (Å²) in [7, 11) is 0. The second-order valence-electron chi connectivity index (χ2n) is 4.54. The lowest BCUT2D eigenvalue weighted by Crippen LogP contribution is -2.49. The molecule has 0 radical (unpaired) electrons. The van der Waals surface area contributed by atoms with E-state index in [1.807, 2.05) is 0 Å². The summed E-state index contributed by atoms with van der Waals surface area (Å²) < 4.78 is 79.9. The van der Waals surface area contributed by atoms with Crippen molar-refractivity contribution in [2.24, 2.45) is 15.7 Å². The number of hydrogen-bond donors (Lipinski definition) is 1. The summed E-state index contributed by atoms with van der Waals surface area (Å²) in [5, 5.41) is -0.483. The minimum absolute atomic E-state index is 0.203. The number of guanidine groups is 1. The van der Waals surface area contributed by atoms with E-state index in [1.54, 1.807) is 0 Å². The molecule has 1 aliphatic rings. The van der Waals surface area contributed by atoms with Crippen LogP contribution in [0.25, 0.3) is 0 Å². The molecule has 12 heteroatoms. The highest BCUT2D eigenvalue weighted by atomic mass is 35.5. The third-order valence-corrected chi connectivity index (χ3v) is 2.92. The van der Waals surface area contributed by atoms with Crippen molar-refractivity contribution in [3.63, 3.8) is 0 Å². The van der Waals surface area contributed by atoms with E-state index in [4.69, 9.17) is 17.3 Å². The summed E-state index contributed by atoms with van der Waals surface area (Å²) in [4.78, 5) is 7.81. The zero-order valence-corrected chi connectivity index (χ0v) is 12.3. The van der Waals surface area contributed by atoms with Gasteiger partial charge in [0.15, 0.2) is 0 Å². The topological polar surface area (TPSA) is 63.2 Å². The Labute approximate surface area is 136 Å². The molecule has 0 spiro atoms. The third kappa shape index (κ3) is 4.51. The van der Waals surface area contributed by atoms with Gasteiger partial charge in [0.2, 0.25) is 17.6 Å². The second-order valence-corrected chi connectivity index (χ2v) is 4.88. The summed E-state index contributed by atoms with van der Waals surface area (Å²) in [5.74, 6) is -0.457. The molecule has 0 bridgehead atoms. The monoisotopic (exact) mass is 374 g/mol. The van der Waals surface area contributed by atoms with Crippen LogP contribution in [0.5, 0.6) is 0 Å². The fourth-order valence-electron chi connectivity index (χ4n) is 1.81. The predicted octanol–water partition coefficient (Wildman–Crippen LogP) is 3.30. The van der Waals surface area contributed by atoms with Gasteiger partial charge >= 0.3 is 12.4 Å². The van der Waals surface area contributed by atoms with Crippen molar-refractivity contribution in [1.82, 2.24) is 0 Å². The van der Waals surface area contributed by atoms with Crippen molar-refractivity contribution in [1.29, 1.82) is 0 Å². The van der Waals surface area contributed by atoms with E-state index >= 15 is 0 Å². The molecule has 2 N–H and O–H groups in total. The average molecular weight is 375 g/mol. The van der Waals surface area contributed by atoms with Crippen LogP contribution < -0.4 is 10.6 Å². The van der Waals surface area contributed by atoms with Crippen LogP contribution in [0.15, 0.2) is 34.3 Å². The molecule has 0 saturated heterocycles. The summed E-state index contributed by atoms with van der Waals surface area (Å²) >= 11 is 5.53. The third-order valence-electron chi connectivity index (χ3n) is 2.74. The van der Waals surface area contributed by atoms with Crippen LogP contribution in [0.1, 0.15) is 5.56 Å². The first kappa shape index (κ1) is 18.3. The Morgan fingerprint density at radius 1 is 1.21 bits per heavy atom. The molecule has 0 saturated carbocycles.